The summed E-state index contributed by atoms with van der Waals surface area (Å²) in [7, 11) is 2.02. The summed E-state index contributed by atoms with van der Waals surface area (Å²) in [5, 5.41) is 1.71. The van der Waals surface area contributed by atoms with Crippen LogP contribution in [0.1, 0.15) is 25.3 Å². The zero-order valence-electron chi connectivity index (χ0n) is 18.0. The maximum Gasteiger partial charge on any atom is 0.243 e. The lowest BCUT2D eigenvalue weighted by molar-refractivity contribution is -0.135. The van der Waals surface area contributed by atoms with Crippen LogP contribution in [0.3, 0.4) is 0 Å². The van der Waals surface area contributed by atoms with Crippen molar-refractivity contribution in [3.8, 4) is 0 Å². The van der Waals surface area contributed by atoms with Crippen molar-refractivity contribution in [2.45, 2.75) is 31.7 Å². The molecule has 1 saturated heterocycles. The molecule has 1 fully saturated rings. The summed E-state index contributed by atoms with van der Waals surface area (Å²) in [5.41, 5.74) is 6.98. The number of thiazole rings is 1. The predicted octanol–water partition coefficient (Wildman–Crippen LogP) is 1.52. The van der Waals surface area contributed by atoms with Gasteiger partial charge in [-0.05, 0) is 19.5 Å². The van der Waals surface area contributed by atoms with Gasteiger partial charge in [0, 0.05) is 50.8 Å². The first-order chi connectivity index (χ1) is 14.8. The summed E-state index contributed by atoms with van der Waals surface area (Å²) < 4.78 is 0. The second kappa shape index (κ2) is 10.0. The van der Waals surface area contributed by atoms with Gasteiger partial charge in [0.2, 0.25) is 17.7 Å². The number of piperazine rings is 1. The minimum Gasteiger partial charge on any atom is -0.368 e. The van der Waals surface area contributed by atoms with Crippen LogP contribution in [0.15, 0.2) is 41.2 Å². The van der Waals surface area contributed by atoms with Gasteiger partial charge in [0.1, 0.15) is 11.4 Å². The van der Waals surface area contributed by atoms with Gasteiger partial charge in [-0.3, -0.25) is 19.3 Å². The van der Waals surface area contributed by atoms with E-state index in [1.165, 1.54) is 16.2 Å². The van der Waals surface area contributed by atoms with Crippen molar-refractivity contribution < 1.29 is 14.4 Å². The third-order valence-corrected chi connectivity index (χ3v) is 6.30. The molecule has 0 radical (unpaired) electrons. The maximum atomic E-state index is 13.3. The van der Waals surface area contributed by atoms with E-state index < -0.39 is 11.4 Å². The van der Waals surface area contributed by atoms with Gasteiger partial charge in [-0.2, -0.15) is 0 Å². The number of aromatic nitrogens is 1. The molecule has 1 aromatic heterocycles. The standard InChI is InChI=1S/C22H29N5O3S/c1-22(21(23)30,14-17-6-4-3-5-7-17)27(18-15-31-16-24-18)20(29)9-8-19(28)26-12-10-25(2)11-13-26/h3-7,15-16H,8-14H2,1-2H3,(H2,23,30)/t22-/m1/s1. The van der Waals surface area contributed by atoms with Gasteiger partial charge in [-0.15, -0.1) is 11.3 Å². The Kier molecular flexibility index (Phi) is 7.40. The van der Waals surface area contributed by atoms with E-state index in [2.05, 4.69) is 9.88 Å². The molecule has 0 aliphatic carbocycles. The zero-order chi connectivity index (χ0) is 22.4. The zero-order valence-corrected chi connectivity index (χ0v) is 18.8. The number of carbonyl (C=O) groups excluding carboxylic acids is 3. The van der Waals surface area contributed by atoms with Crippen LogP contribution >= 0.6 is 11.3 Å². The molecule has 0 saturated carbocycles. The van der Waals surface area contributed by atoms with Crippen LogP contribution in [-0.4, -0.2) is 71.3 Å². The number of carbonyl (C=O) groups is 3. The molecule has 2 N–H and O–H groups in total. The third-order valence-electron chi connectivity index (χ3n) is 5.72. The molecule has 0 unspecified atom stereocenters. The molecule has 1 aliphatic rings. The number of benzene rings is 1. The van der Waals surface area contributed by atoms with Gasteiger partial charge in [0.25, 0.3) is 0 Å². The van der Waals surface area contributed by atoms with E-state index in [1.807, 2.05) is 37.4 Å². The lowest BCUT2D eigenvalue weighted by Crippen LogP contribution is -2.60. The Labute approximate surface area is 186 Å². The van der Waals surface area contributed by atoms with Crippen molar-refractivity contribution in [2.75, 3.05) is 38.1 Å². The first kappa shape index (κ1) is 22.9. The van der Waals surface area contributed by atoms with E-state index in [-0.39, 0.29) is 31.1 Å². The minimum absolute atomic E-state index is 0.0135. The van der Waals surface area contributed by atoms with Crippen LogP contribution in [0.4, 0.5) is 5.82 Å². The molecule has 9 heteroatoms. The van der Waals surface area contributed by atoms with E-state index >= 15 is 0 Å². The maximum absolute atomic E-state index is 13.3. The molecule has 166 valence electrons. The molecule has 1 aliphatic heterocycles. The van der Waals surface area contributed by atoms with Gasteiger partial charge < -0.3 is 15.5 Å². The Morgan fingerprint density at radius 3 is 2.39 bits per heavy atom. The smallest absolute Gasteiger partial charge is 0.243 e. The molecule has 1 aromatic carbocycles. The number of likely N-dealkylation sites (N-methyl/N-ethyl adjacent to an activating group) is 1. The van der Waals surface area contributed by atoms with Crippen LogP contribution in [0.25, 0.3) is 0 Å². The van der Waals surface area contributed by atoms with E-state index in [4.69, 9.17) is 5.73 Å². The quantitative estimate of drug-likeness (QED) is 0.667. The van der Waals surface area contributed by atoms with Crippen LogP contribution < -0.4 is 10.6 Å². The van der Waals surface area contributed by atoms with Crippen LogP contribution in [-0.2, 0) is 20.8 Å². The summed E-state index contributed by atoms with van der Waals surface area (Å²) in [6.07, 6.45) is 0.322. The Morgan fingerprint density at radius 1 is 1.13 bits per heavy atom. The van der Waals surface area contributed by atoms with Crippen LogP contribution in [0, 0.1) is 0 Å². The van der Waals surface area contributed by atoms with Gasteiger partial charge in [0.15, 0.2) is 0 Å². The average molecular weight is 444 g/mol. The van der Waals surface area contributed by atoms with Gasteiger partial charge >= 0.3 is 0 Å². The number of amides is 3. The SMILES string of the molecule is CN1CCN(C(=O)CCC(=O)N(c2cscn2)[C@](C)(Cc2ccccc2)C(N)=O)CC1. The number of hydrogen-bond donors (Lipinski definition) is 1. The summed E-state index contributed by atoms with van der Waals surface area (Å²) in [6, 6.07) is 9.42. The number of primary amides is 1. The fourth-order valence-electron chi connectivity index (χ4n) is 3.78. The summed E-state index contributed by atoms with van der Waals surface area (Å²) in [6.45, 7) is 4.61. The van der Waals surface area contributed by atoms with E-state index in [0.29, 0.717) is 18.9 Å². The van der Waals surface area contributed by atoms with Crippen molar-refractivity contribution in [1.82, 2.24) is 14.8 Å². The molecular formula is C22H29N5O3S. The fourth-order valence-corrected chi connectivity index (χ4v) is 4.30. The third kappa shape index (κ3) is 5.48. The first-order valence-corrected chi connectivity index (χ1v) is 11.3. The fraction of sp³-hybridized carbons (Fsp3) is 0.455. The lowest BCUT2D eigenvalue weighted by Gasteiger charge is -2.38. The summed E-state index contributed by atoms with van der Waals surface area (Å²) in [4.78, 5) is 48.2. The van der Waals surface area contributed by atoms with Crippen molar-refractivity contribution >= 4 is 34.9 Å². The topological polar surface area (TPSA) is 99.8 Å². The number of hydrogen-bond acceptors (Lipinski definition) is 6. The van der Waals surface area contributed by atoms with Crippen LogP contribution in [0.5, 0.6) is 0 Å². The Bertz CT molecular complexity index is 897. The Hall–Kier alpha value is -2.78. The summed E-state index contributed by atoms with van der Waals surface area (Å²) in [5.74, 6) is -0.642. The largest absolute Gasteiger partial charge is 0.368 e. The van der Waals surface area contributed by atoms with Gasteiger partial charge in [-0.1, -0.05) is 30.3 Å². The molecule has 0 bridgehead atoms. The monoisotopic (exact) mass is 443 g/mol. The van der Waals surface area contributed by atoms with Crippen molar-refractivity contribution in [2.24, 2.45) is 5.73 Å². The highest BCUT2D eigenvalue weighted by molar-refractivity contribution is 7.07. The second-order valence-corrected chi connectivity index (χ2v) is 8.78. The van der Waals surface area contributed by atoms with E-state index in [0.717, 1.165) is 18.7 Å². The van der Waals surface area contributed by atoms with Gasteiger partial charge in [-0.25, -0.2) is 4.98 Å². The molecule has 3 rings (SSSR count). The Morgan fingerprint density at radius 2 is 1.81 bits per heavy atom. The Balaban J connectivity index is 1.78. The first-order valence-electron chi connectivity index (χ1n) is 10.3. The van der Waals surface area contributed by atoms with Gasteiger partial charge in [0.05, 0.1) is 5.51 Å². The molecular weight excluding hydrogens is 414 g/mol. The predicted molar refractivity (Wildman–Crippen MR) is 121 cm³/mol. The molecule has 1 atom stereocenters. The number of anilines is 1. The summed E-state index contributed by atoms with van der Waals surface area (Å²) >= 11 is 1.33. The van der Waals surface area contributed by atoms with Crippen molar-refractivity contribution in [1.29, 1.82) is 0 Å². The van der Waals surface area contributed by atoms with Crippen molar-refractivity contribution in [3.05, 3.63) is 46.8 Å². The minimum atomic E-state index is -1.32. The molecule has 2 heterocycles. The number of rotatable bonds is 8. The second-order valence-electron chi connectivity index (χ2n) is 8.06. The number of nitrogens with zero attached hydrogens (tertiary/aromatic N) is 4. The lowest BCUT2D eigenvalue weighted by atomic mass is 9.89. The van der Waals surface area contributed by atoms with Crippen molar-refractivity contribution in [3.63, 3.8) is 0 Å². The van der Waals surface area contributed by atoms with Crippen LogP contribution in [0.2, 0.25) is 0 Å². The molecule has 2 aromatic rings. The highest BCUT2D eigenvalue weighted by Crippen LogP contribution is 2.29. The van der Waals surface area contributed by atoms with E-state index in [1.54, 1.807) is 22.7 Å². The molecule has 0 spiro atoms. The van der Waals surface area contributed by atoms with E-state index in [9.17, 15) is 14.4 Å². The normalized spacial score (nSPS) is 16.5. The molecule has 31 heavy (non-hydrogen) atoms. The molecule has 8 nitrogen and oxygen atoms in total. The average Bonchev–Trinajstić information content (AvgIpc) is 3.27. The number of nitrogens with two attached hydrogens (primary N) is 1. The highest BCUT2D eigenvalue weighted by atomic mass is 32.1. The highest BCUT2D eigenvalue weighted by Gasteiger charge is 2.42. The molecule has 3 amide bonds.